The molecular formula is C21H29IN4O. The number of ether oxygens (including phenoxy) is 1. The van der Waals surface area contributed by atoms with Crippen molar-refractivity contribution in [2.75, 3.05) is 37.7 Å². The third-order valence-corrected chi connectivity index (χ3v) is 4.40. The van der Waals surface area contributed by atoms with Crippen molar-refractivity contribution in [2.45, 2.75) is 20.0 Å². The second kappa shape index (κ2) is 11.8. The van der Waals surface area contributed by atoms with Gasteiger partial charge >= 0.3 is 0 Å². The number of guanidine groups is 1. The van der Waals surface area contributed by atoms with Gasteiger partial charge in [0.25, 0.3) is 0 Å². The fourth-order valence-electron chi connectivity index (χ4n) is 3.05. The summed E-state index contributed by atoms with van der Waals surface area (Å²) in [6, 6.07) is 18.9. The highest BCUT2D eigenvalue weighted by atomic mass is 127. The molecule has 2 aromatic carbocycles. The van der Waals surface area contributed by atoms with Gasteiger partial charge in [-0.3, -0.25) is 0 Å². The molecule has 0 atom stereocenters. The number of nitrogens with one attached hydrogen (secondary N) is 2. The summed E-state index contributed by atoms with van der Waals surface area (Å²) in [5, 5.41) is 6.80. The maximum atomic E-state index is 5.48. The molecule has 0 aliphatic carbocycles. The number of nitrogens with zero attached hydrogens (tertiary/aromatic N) is 2. The third-order valence-electron chi connectivity index (χ3n) is 4.40. The van der Waals surface area contributed by atoms with E-state index in [1.807, 2.05) is 18.2 Å². The van der Waals surface area contributed by atoms with Crippen LogP contribution in [0.5, 0.6) is 0 Å². The molecule has 1 aliphatic heterocycles. The highest BCUT2D eigenvalue weighted by Crippen LogP contribution is 2.21. The molecule has 2 N–H and O–H groups in total. The lowest BCUT2D eigenvalue weighted by Gasteiger charge is -2.30. The molecule has 2 aromatic rings. The van der Waals surface area contributed by atoms with Crippen LogP contribution < -0.4 is 15.5 Å². The molecule has 1 saturated heterocycles. The quantitative estimate of drug-likeness (QED) is 0.378. The highest BCUT2D eigenvalue weighted by Gasteiger charge is 2.14. The lowest BCUT2D eigenvalue weighted by molar-refractivity contribution is 0.122. The molecular weight excluding hydrogens is 451 g/mol. The van der Waals surface area contributed by atoms with E-state index in [2.05, 4.69) is 58.9 Å². The van der Waals surface area contributed by atoms with E-state index in [1.54, 1.807) is 0 Å². The molecule has 1 fully saturated rings. The zero-order chi connectivity index (χ0) is 18.0. The van der Waals surface area contributed by atoms with Crippen molar-refractivity contribution in [3.05, 3.63) is 65.7 Å². The average molecular weight is 480 g/mol. The minimum atomic E-state index is 0. The van der Waals surface area contributed by atoms with Crippen molar-refractivity contribution in [3.8, 4) is 0 Å². The molecule has 0 bridgehead atoms. The van der Waals surface area contributed by atoms with Gasteiger partial charge in [0.15, 0.2) is 5.96 Å². The zero-order valence-electron chi connectivity index (χ0n) is 15.9. The molecule has 0 saturated carbocycles. The van der Waals surface area contributed by atoms with Gasteiger partial charge in [0.1, 0.15) is 0 Å². The summed E-state index contributed by atoms with van der Waals surface area (Å²) >= 11 is 0. The number of rotatable bonds is 6. The Morgan fingerprint density at radius 1 is 1.00 bits per heavy atom. The third kappa shape index (κ3) is 6.70. The Hall–Kier alpha value is -1.80. The minimum absolute atomic E-state index is 0. The highest BCUT2D eigenvalue weighted by molar-refractivity contribution is 14.0. The first-order chi connectivity index (χ1) is 12.9. The summed E-state index contributed by atoms with van der Waals surface area (Å²) in [6.07, 6.45) is 0. The fraction of sp³-hybridized carbons (Fsp3) is 0.381. The SMILES string of the molecule is CCNC(=NCc1ccccc1)NCc1ccccc1N1CCOCC1.I. The van der Waals surface area contributed by atoms with Gasteiger partial charge < -0.3 is 20.3 Å². The van der Waals surface area contributed by atoms with Gasteiger partial charge in [0, 0.05) is 31.9 Å². The van der Waals surface area contributed by atoms with Gasteiger partial charge in [-0.25, -0.2) is 4.99 Å². The van der Waals surface area contributed by atoms with Crippen LogP contribution in [0.25, 0.3) is 0 Å². The zero-order valence-corrected chi connectivity index (χ0v) is 18.2. The van der Waals surface area contributed by atoms with E-state index in [1.165, 1.54) is 16.8 Å². The smallest absolute Gasteiger partial charge is 0.191 e. The van der Waals surface area contributed by atoms with E-state index in [0.717, 1.165) is 45.4 Å². The number of benzene rings is 2. The van der Waals surface area contributed by atoms with Gasteiger partial charge in [0.05, 0.1) is 19.8 Å². The van der Waals surface area contributed by atoms with E-state index < -0.39 is 0 Å². The van der Waals surface area contributed by atoms with Crippen LogP contribution in [0.3, 0.4) is 0 Å². The van der Waals surface area contributed by atoms with E-state index in [-0.39, 0.29) is 24.0 Å². The Bertz CT molecular complexity index is 702. The first kappa shape index (κ1) is 21.5. The second-order valence-electron chi connectivity index (χ2n) is 6.26. The molecule has 0 unspecified atom stereocenters. The van der Waals surface area contributed by atoms with Crippen LogP contribution in [0.15, 0.2) is 59.6 Å². The normalized spacial score (nSPS) is 14.4. The molecule has 5 nitrogen and oxygen atoms in total. The fourth-order valence-corrected chi connectivity index (χ4v) is 3.05. The summed E-state index contributed by atoms with van der Waals surface area (Å²) in [7, 11) is 0. The second-order valence-corrected chi connectivity index (χ2v) is 6.26. The Kier molecular flexibility index (Phi) is 9.41. The number of hydrogen-bond acceptors (Lipinski definition) is 3. The molecule has 0 radical (unpaired) electrons. The van der Waals surface area contributed by atoms with Crippen LogP contribution >= 0.6 is 24.0 Å². The van der Waals surface area contributed by atoms with Crippen molar-refractivity contribution < 1.29 is 4.74 Å². The molecule has 1 heterocycles. The standard InChI is InChI=1S/C21H28N4O.HI/c1-2-22-21(23-16-18-8-4-3-5-9-18)24-17-19-10-6-7-11-20(19)25-12-14-26-15-13-25;/h3-11H,2,12-17H2,1H3,(H2,22,23,24);1H. The van der Waals surface area contributed by atoms with E-state index in [4.69, 9.17) is 9.73 Å². The van der Waals surface area contributed by atoms with Crippen LogP contribution in [0.1, 0.15) is 18.1 Å². The largest absolute Gasteiger partial charge is 0.378 e. The van der Waals surface area contributed by atoms with Crippen molar-refractivity contribution in [1.82, 2.24) is 10.6 Å². The number of para-hydroxylation sites is 1. The van der Waals surface area contributed by atoms with E-state index in [9.17, 15) is 0 Å². The maximum Gasteiger partial charge on any atom is 0.191 e. The molecule has 0 spiro atoms. The number of anilines is 1. The average Bonchev–Trinajstić information content (AvgIpc) is 2.72. The summed E-state index contributed by atoms with van der Waals surface area (Å²) < 4.78 is 5.48. The lowest BCUT2D eigenvalue weighted by Crippen LogP contribution is -2.39. The van der Waals surface area contributed by atoms with Crippen LogP contribution in [0.4, 0.5) is 5.69 Å². The minimum Gasteiger partial charge on any atom is -0.378 e. The summed E-state index contributed by atoms with van der Waals surface area (Å²) in [5.74, 6) is 0.841. The van der Waals surface area contributed by atoms with Gasteiger partial charge in [-0.1, -0.05) is 48.5 Å². The number of halogens is 1. The molecule has 1 aliphatic rings. The van der Waals surface area contributed by atoms with E-state index in [0.29, 0.717) is 6.54 Å². The van der Waals surface area contributed by atoms with Gasteiger partial charge in [-0.05, 0) is 24.1 Å². The van der Waals surface area contributed by atoms with Crippen molar-refractivity contribution in [2.24, 2.45) is 4.99 Å². The molecule has 27 heavy (non-hydrogen) atoms. The first-order valence-corrected chi connectivity index (χ1v) is 9.33. The molecule has 3 rings (SSSR count). The van der Waals surface area contributed by atoms with Crippen LogP contribution in [0, 0.1) is 0 Å². The summed E-state index contributed by atoms with van der Waals surface area (Å²) in [4.78, 5) is 7.10. The molecule has 146 valence electrons. The van der Waals surface area contributed by atoms with Crippen LogP contribution in [-0.4, -0.2) is 38.8 Å². The van der Waals surface area contributed by atoms with Gasteiger partial charge in [0.2, 0.25) is 0 Å². The first-order valence-electron chi connectivity index (χ1n) is 9.33. The van der Waals surface area contributed by atoms with Crippen molar-refractivity contribution in [3.63, 3.8) is 0 Å². The molecule has 0 amide bonds. The van der Waals surface area contributed by atoms with Crippen LogP contribution in [0.2, 0.25) is 0 Å². The number of hydrogen-bond donors (Lipinski definition) is 2. The molecule has 6 heteroatoms. The number of morpholine rings is 1. The lowest BCUT2D eigenvalue weighted by atomic mass is 10.1. The Morgan fingerprint density at radius 2 is 1.70 bits per heavy atom. The summed E-state index contributed by atoms with van der Waals surface area (Å²) in [5.41, 5.74) is 3.76. The number of aliphatic imine (C=N–C) groups is 1. The van der Waals surface area contributed by atoms with Gasteiger partial charge in [-0.2, -0.15) is 0 Å². The van der Waals surface area contributed by atoms with E-state index >= 15 is 0 Å². The van der Waals surface area contributed by atoms with Crippen LogP contribution in [-0.2, 0) is 17.8 Å². The van der Waals surface area contributed by atoms with Gasteiger partial charge in [-0.15, -0.1) is 24.0 Å². The monoisotopic (exact) mass is 480 g/mol. The molecule has 0 aromatic heterocycles. The Labute approximate surface area is 179 Å². The predicted octanol–water partition coefficient (Wildman–Crippen LogP) is 3.40. The summed E-state index contributed by atoms with van der Waals surface area (Å²) in [6.45, 7) is 7.81. The Balaban J connectivity index is 0.00000261. The maximum absolute atomic E-state index is 5.48. The predicted molar refractivity (Wildman–Crippen MR) is 123 cm³/mol. The Morgan fingerprint density at radius 3 is 2.44 bits per heavy atom. The van der Waals surface area contributed by atoms with Crippen molar-refractivity contribution >= 4 is 35.6 Å². The van der Waals surface area contributed by atoms with Crippen molar-refractivity contribution in [1.29, 1.82) is 0 Å². The topological polar surface area (TPSA) is 48.9 Å².